The molecule has 0 aliphatic carbocycles. The molecule has 0 saturated heterocycles. The molecule has 134 valence electrons. The van der Waals surface area contributed by atoms with E-state index in [0.29, 0.717) is 11.1 Å². The highest BCUT2D eigenvalue weighted by Crippen LogP contribution is 2.17. The molecule has 0 aliphatic heterocycles. The summed E-state index contributed by atoms with van der Waals surface area (Å²) < 4.78 is 10.1. The van der Waals surface area contributed by atoms with Crippen LogP contribution in [0.1, 0.15) is 45.7 Å². The van der Waals surface area contributed by atoms with Gasteiger partial charge in [0, 0.05) is 6.08 Å². The van der Waals surface area contributed by atoms with Crippen LogP contribution in [0.5, 0.6) is 0 Å². The van der Waals surface area contributed by atoms with Crippen molar-refractivity contribution in [2.45, 2.75) is 40.2 Å². The summed E-state index contributed by atoms with van der Waals surface area (Å²) >= 11 is 0. The van der Waals surface area contributed by atoms with Crippen molar-refractivity contribution in [2.75, 3.05) is 6.61 Å². The normalized spacial score (nSPS) is 12.1. The van der Waals surface area contributed by atoms with E-state index in [0.717, 1.165) is 0 Å². The molecule has 0 N–H and O–H groups in total. The van der Waals surface area contributed by atoms with E-state index in [4.69, 9.17) is 9.47 Å². The lowest BCUT2D eigenvalue weighted by atomic mass is 10.0. The lowest BCUT2D eigenvalue weighted by molar-refractivity contribution is -0.148. The number of carbonyl (C=O) groups excluding carboxylic acids is 3. The molecule has 0 bridgehead atoms. The Bertz CT molecular complexity index is 705. The van der Waals surface area contributed by atoms with Crippen LogP contribution >= 0.6 is 0 Å². The number of benzene rings is 1. The van der Waals surface area contributed by atoms with Crippen LogP contribution in [0.3, 0.4) is 0 Å². The van der Waals surface area contributed by atoms with E-state index < -0.39 is 17.5 Å². The Morgan fingerprint density at radius 1 is 1.08 bits per heavy atom. The molecule has 0 saturated carbocycles. The minimum absolute atomic E-state index is 0.0417. The monoisotopic (exact) mass is 344 g/mol. The molecule has 1 aromatic carbocycles. The highest BCUT2D eigenvalue weighted by atomic mass is 16.6. The number of esters is 2. The van der Waals surface area contributed by atoms with Crippen LogP contribution in [0.15, 0.2) is 35.9 Å². The van der Waals surface area contributed by atoms with Gasteiger partial charge in [0.2, 0.25) is 0 Å². The zero-order valence-electron chi connectivity index (χ0n) is 15.3. The number of Topliss-reactive ketones (excluding diaryl/α,β-unsaturated/α-hetero) is 1. The lowest BCUT2D eigenvalue weighted by Gasteiger charge is -2.17. The molecule has 0 atom stereocenters. The maximum Gasteiger partial charge on any atom is 0.341 e. The van der Waals surface area contributed by atoms with Gasteiger partial charge in [-0.2, -0.15) is 0 Å². The molecule has 1 rings (SSSR count). The maximum absolute atomic E-state index is 11.9. The molecule has 5 nitrogen and oxygen atoms in total. The van der Waals surface area contributed by atoms with Crippen LogP contribution in [-0.2, 0) is 23.9 Å². The van der Waals surface area contributed by atoms with Gasteiger partial charge in [0.05, 0.1) is 6.61 Å². The zero-order chi connectivity index (χ0) is 19.0. The highest BCUT2D eigenvalue weighted by Gasteiger charge is 2.16. The SMILES string of the molecule is CCOC(=O)C(=Cc1ccccc1C=CC(=O)OC(C)(C)C)C(C)=O. The van der Waals surface area contributed by atoms with Gasteiger partial charge in [0.1, 0.15) is 11.2 Å². The average Bonchev–Trinajstić information content (AvgIpc) is 2.49. The van der Waals surface area contributed by atoms with Crippen molar-refractivity contribution < 1.29 is 23.9 Å². The molecule has 1 aromatic rings. The number of hydrogen-bond donors (Lipinski definition) is 0. The standard InChI is InChI=1S/C20H24O5/c1-6-24-19(23)17(14(2)21)13-16-10-8-7-9-15(16)11-12-18(22)25-20(3,4)5/h7-13H,6H2,1-5H3. The van der Waals surface area contributed by atoms with Gasteiger partial charge in [0.15, 0.2) is 5.78 Å². The Kier molecular flexibility index (Phi) is 7.30. The van der Waals surface area contributed by atoms with E-state index in [1.807, 2.05) is 0 Å². The third kappa shape index (κ3) is 7.16. The minimum Gasteiger partial charge on any atom is -0.462 e. The molecule has 0 unspecified atom stereocenters. The molecule has 25 heavy (non-hydrogen) atoms. The van der Waals surface area contributed by atoms with Crippen molar-refractivity contribution in [3.63, 3.8) is 0 Å². The summed E-state index contributed by atoms with van der Waals surface area (Å²) in [5, 5.41) is 0. The molecular weight excluding hydrogens is 320 g/mol. The fourth-order valence-corrected chi connectivity index (χ4v) is 1.96. The first-order valence-electron chi connectivity index (χ1n) is 8.04. The fraction of sp³-hybridized carbons (Fsp3) is 0.350. The van der Waals surface area contributed by atoms with E-state index >= 15 is 0 Å². The van der Waals surface area contributed by atoms with E-state index in [-0.39, 0.29) is 18.0 Å². The molecule has 0 heterocycles. The second-order valence-electron chi connectivity index (χ2n) is 6.33. The number of ether oxygens (including phenoxy) is 2. The summed E-state index contributed by atoms with van der Waals surface area (Å²) in [5.41, 5.74) is 0.684. The van der Waals surface area contributed by atoms with Gasteiger partial charge in [-0.3, -0.25) is 4.79 Å². The summed E-state index contributed by atoms with van der Waals surface area (Å²) in [5.74, 6) is -1.52. The van der Waals surface area contributed by atoms with Crippen LogP contribution < -0.4 is 0 Å². The Morgan fingerprint density at radius 2 is 1.68 bits per heavy atom. The van der Waals surface area contributed by atoms with Crippen molar-refractivity contribution in [1.82, 2.24) is 0 Å². The Balaban J connectivity index is 3.14. The molecule has 0 amide bonds. The predicted molar refractivity (Wildman–Crippen MR) is 96.6 cm³/mol. The number of rotatable bonds is 6. The van der Waals surface area contributed by atoms with E-state index in [1.165, 1.54) is 19.1 Å². The van der Waals surface area contributed by atoms with Gasteiger partial charge in [-0.05, 0) is 57.9 Å². The van der Waals surface area contributed by atoms with Gasteiger partial charge >= 0.3 is 11.9 Å². The number of ketones is 1. The minimum atomic E-state index is -0.666. The lowest BCUT2D eigenvalue weighted by Crippen LogP contribution is -2.22. The van der Waals surface area contributed by atoms with Crippen molar-refractivity contribution >= 4 is 29.9 Å². The van der Waals surface area contributed by atoms with Gasteiger partial charge in [-0.15, -0.1) is 0 Å². The molecular formula is C20H24O5. The molecule has 0 fully saturated rings. The van der Waals surface area contributed by atoms with Crippen LogP contribution in [-0.4, -0.2) is 29.9 Å². The van der Waals surface area contributed by atoms with Crippen LogP contribution in [0.4, 0.5) is 0 Å². The summed E-state index contributed by atoms with van der Waals surface area (Å²) in [7, 11) is 0. The highest BCUT2D eigenvalue weighted by molar-refractivity contribution is 6.20. The van der Waals surface area contributed by atoms with E-state index in [2.05, 4.69) is 0 Å². The Labute approximate surface area is 148 Å². The average molecular weight is 344 g/mol. The summed E-state index contributed by atoms with van der Waals surface area (Å²) in [4.78, 5) is 35.5. The van der Waals surface area contributed by atoms with Gasteiger partial charge < -0.3 is 9.47 Å². The third-order valence-corrected chi connectivity index (χ3v) is 2.98. The van der Waals surface area contributed by atoms with Crippen molar-refractivity contribution in [3.8, 4) is 0 Å². The molecule has 0 spiro atoms. The van der Waals surface area contributed by atoms with Gasteiger partial charge in [0.25, 0.3) is 0 Å². The predicted octanol–water partition coefficient (Wildman–Crippen LogP) is 3.58. The molecule has 0 radical (unpaired) electrons. The number of carbonyl (C=O) groups is 3. The molecule has 0 aliphatic rings. The molecule has 0 aromatic heterocycles. The van der Waals surface area contributed by atoms with Crippen LogP contribution in [0.25, 0.3) is 12.2 Å². The van der Waals surface area contributed by atoms with Crippen LogP contribution in [0.2, 0.25) is 0 Å². The fourth-order valence-electron chi connectivity index (χ4n) is 1.96. The third-order valence-electron chi connectivity index (χ3n) is 2.98. The summed E-state index contributed by atoms with van der Waals surface area (Å²) in [6.07, 6.45) is 4.37. The van der Waals surface area contributed by atoms with Gasteiger partial charge in [-0.25, -0.2) is 9.59 Å². The largest absolute Gasteiger partial charge is 0.462 e. The Morgan fingerprint density at radius 3 is 2.20 bits per heavy atom. The Hall–Kier alpha value is -2.69. The second kappa shape index (κ2) is 8.97. The van der Waals surface area contributed by atoms with Crippen molar-refractivity contribution in [1.29, 1.82) is 0 Å². The molecule has 5 heteroatoms. The maximum atomic E-state index is 11.9. The first-order valence-corrected chi connectivity index (χ1v) is 8.04. The number of hydrogen-bond acceptors (Lipinski definition) is 5. The summed E-state index contributed by atoms with van der Waals surface area (Å²) in [6.45, 7) is 8.52. The van der Waals surface area contributed by atoms with Crippen molar-refractivity contribution in [3.05, 3.63) is 47.0 Å². The first kappa shape index (κ1) is 20.4. The van der Waals surface area contributed by atoms with E-state index in [9.17, 15) is 14.4 Å². The zero-order valence-corrected chi connectivity index (χ0v) is 15.3. The second-order valence-corrected chi connectivity index (χ2v) is 6.33. The van der Waals surface area contributed by atoms with Crippen molar-refractivity contribution in [2.24, 2.45) is 0 Å². The van der Waals surface area contributed by atoms with Crippen LogP contribution in [0, 0.1) is 0 Å². The first-order chi connectivity index (χ1) is 11.6. The van der Waals surface area contributed by atoms with Gasteiger partial charge in [-0.1, -0.05) is 24.3 Å². The topological polar surface area (TPSA) is 69.7 Å². The quantitative estimate of drug-likeness (QED) is 0.341. The summed E-state index contributed by atoms with van der Waals surface area (Å²) in [6, 6.07) is 7.09. The van der Waals surface area contributed by atoms with E-state index in [1.54, 1.807) is 58.0 Å². The smallest absolute Gasteiger partial charge is 0.341 e.